The Balaban J connectivity index is 2.23. The molecule has 1 aromatic carbocycles. The molecule has 0 saturated carbocycles. The van der Waals surface area contributed by atoms with Gasteiger partial charge in [0.2, 0.25) is 5.91 Å². The lowest BCUT2D eigenvalue weighted by Crippen LogP contribution is -2.42. The maximum absolute atomic E-state index is 14.1. The molecule has 0 radical (unpaired) electrons. The second kappa shape index (κ2) is 8.26. The smallest absolute Gasteiger partial charge is 0.302 e. The summed E-state index contributed by atoms with van der Waals surface area (Å²) < 4.78 is 23.4. The first-order valence-corrected chi connectivity index (χ1v) is 8.99. The summed E-state index contributed by atoms with van der Waals surface area (Å²) in [4.78, 5) is 35.3. The van der Waals surface area contributed by atoms with Crippen molar-refractivity contribution in [2.24, 2.45) is 0 Å². The van der Waals surface area contributed by atoms with Crippen LogP contribution < -0.4 is 5.32 Å². The van der Waals surface area contributed by atoms with Crippen LogP contribution in [0, 0.1) is 12.7 Å². The molecule has 6 nitrogen and oxygen atoms in total. The van der Waals surface area contributed by atoms with Crippen molar-refractivity contribution in [2.45, 2.75) is 37.9 Å². The zero-order valence-electron chi connectivity index (χ0n) is 14.9. The number of hydrogen-bond donors (Lipinski definition) is 1. The fourth-order valence-electron chi connectivity index (χ4n) is 2.94. The van der Waals surface area contributed by atoms with Crippen molar-refractivity contribution in [1.29, 1.82) is 0 Å². The van der Waals surface area contributed by atoms with Gasteiger partial charge in [-0.25, -0.2) is 4.39 Å². The van der Waals surface area contributed by atoms with Crippen molar-refractivity contribution >= 4 is 39.3 Å². The minimum absolute atomic E-state index is 0.0719. The van der Waals surface area contributed by atoms with Crippen LogP contribution in [-0.2, 0) is 25.5 Å². The predicted molar refractivity (Wildman–Crippen MR) is 97.2 cm³/mol. The van der Waals surface area contributed by atoms with Gasteiger partial charge >= 0.3 is 5.97 Å². The topological polar surface area (TPSA) is 81.7 Å². The normalized spacial score (nSPS) is 19.0. The molecule has 26 heavy (non-hydrogen) atoms. The van der Waals surface area contributed by atoms with E-state index >= 15 is 0 Å². The van der Waals surface area contributed by atoms with E-state index in [0.717, 1.165) is 0 Å². The first-order valence-electron chi connectivity index (χ1n) is 8.20. The third-order valence-electron chi connectivity index (χ3n) is 4.23. The summed E-state index contributed by atoms with van der Waals surface area (Å²) in [5.41, 5.74) is 1.50. The van der Waals surface area contributed by atoms with Crippen molar-refractivity contribution in [1.82, 2.24) is 0 Å². The maximum atomic E-state index is 14.1. The van der Waals surface area contributed by atoms with Gasteiger partial charge in [-0.05, 0) is 37.0 Å². The van der Waals surface area contributed by atoms with Gasteiger partial charge in [0.1, 0.15) is 16.7 Å². The van der Waals surface area contributed by atoms with Gasteiger partial charge in [0, 0.05) is 19.4 Å². The Kier molecular flexibility index (Phi) is 6.52. The molecular weight excluding hydrogens is 409 g/mol. The lowest BCUT2D eigenvalue weighted by molar-refractivity contribution is -0.142. The van der Waals surface area contributed by atoms with E-state index in [1.54, 1.807) is 6.92 Å². The number of esters is 1. The molecule has 1 N–H and O–H groups in total. The first-order chi connectivity index (χ1) is 12.2. The number of ketones is 1. The third-order valence-corrected chi connectivity index (χ3v) is 5.22. The zero-order chi connectivity index (χ0) is 19.5. The average molecular weight is 430 g/mol. The summed E-state index contributed by atoms with van der Waals surface area (Å²) in [5, 5.41) is 2.54. The SMILES string of the molecule is CC(=O)Nc1cc(F)c(C)c2c1C(=O)C(Br)(COCCOC(C)=O)CC2. The Labute approximate surface area is 159 Å². The largest absolute Gasteiger partial charge is 0.463 e. The van der Waals surface area contributed by atoms with Crippen LogP contribution in [0.15, 0.2) is 6.07 Å². The molecule has 142 valence electrons. The van der Waals surface area contributed by atoms with E-state index in [1.165, 1.54) is 19.9 Å². The molecule has 1 atom stereocenters. The van der Waals surface area contributed by atoms with E-state index in [0.29, 0.717) is 29.5 Å². The minimum Gasteiger partial charge on any atom is -0.463 e. The Bertz CT molecular complexity index is 752. The van der Waals surface area contributed by atoms with E-state index in [1.807, 2.05) is 0 Å². The molecule has 0 heterocycles. The van der Waals surface area contributed by atoms with Crippen LogP contribution in [0.3, 0.4) is 0 Å². The van der Waals surface area contributed by atoms with E-state index < -0.39 is 16.1 Å². The van der Waals surface area contributed by atoms with Gasteiger partial charge in [0.15, 0.2) is 5.78 Å². The molecule has 8 heteroatoms. The second-order valence-electron chi connectivity index (χ2n) is 6.25. The Morgan fingerprint density at radius 1 is 1.35 bits per heavy atom. The number of halogens is 2. The van der Waals surface area contributed by atoms with Gasteiger partial charge < -0.3 is 14.8 Å². The number of ether oxygens (including phenoxy) is 2. The molecule has 0 bridgehead atoms. The third kappa shape index (κ3) is 4.48. The van der Waals surface area contributed by atoms with Crippen LogP contribution >= 0.6 is 15.9 Å². The monoisotopic (exact) mass is 429 g/mol. The lowest BCUT2D eigenvalue weighted by Gasteiger charge is -2.33. The number of rotatable bonds is 6. The van der Waals surface area contributed by atoms with Crippen LogP contribution in [0.4, 0.5) is 10.1 Å². The molecular formula is C18H21BrFNO5. The van der Waals surface area contributed by atoms with Crippen molar-refractivity contribution in [2.75, 3.05) is 25.1 Å². The summed E-state index contributed by atoms with van der Waals surface area (Å²) in [6.45, 7) is 4.56. The van der Waals surface area contributed by atoms with Crippen molar-refractivity contribution < 1.29 is 28.2 Å². The van der Waals surface area contributed by atoms with E-state index in [2.05, 4.69) is 21.2 Å². The van der Waals surface area contributed by atoms with Gasteiger partial charge in [-0.1, -0.05) is 15.9 Å². The summed E-state index contributed by atoms with van der Waals surface area (Å²) in [5.74, 6) is -1.51. The van der Waals surface area contributed by atoms with E-state index in [4.69, 9.17) is 9.47 Å². The molecule has 0 saturated heterocycles. The fourth-order valence-corrected chi connectivity index (χ4v) is 3.50. The van der Waals surface area contributed by atoms with E-state index in [-0.39, 0.29) is 37.2 Å². The van der Waals surface area contributed by atoms with Crippen LogP contribution in [0.1, 0.15) is 41.8 Å². The van der Waals surface area contributed by atoms with Gasteiger partial charge in [-0.2, -0.15) is 0 Å². The predicted octanol–water partition coefficient (Wildman–Crippen LogP) is 2.93. The molecule has 0 aliphatic heterocycles. The number of hydrogen-bond acceptors (Lipinski definition) is 5. The van der Waals surface area contributed by atoms with Gasteiger partial charge in [0.25, 0.3) is 0 Å². The highest BCUT2D eigenvalue weighted by molar-refractivity contribution is 9.10. The van der Waals surface area contributed by atoms with Crippen LogP contribution in [0.25, 0.3) is 0 Å². The highest BCUT2D eigenvalue weighted by Gasteiger charge is 2.43. The molecule has 1 amide bonds. The van der Waals surface area contributed by atoms with Crippen molar-refractivity contribution in [3.63, 3.8) is 0 Å². The summed E-state index contributed by atoms with van der Waals surface area (Å²) in [7, 11) is 0. The highest BCUT2D eigenvalue weighted by atomic mass is 79.9. The summed E-state index contributed by atoms with van der Waals surface area (Å²) in [6, 6.07) is 1.17. The number of carbonyl (C=O) groups excluding carboxylic acids is 3. The number of anilines is 1. The lowest BCUT2D eigenvalue weighted by atomic mass is 9.80. The second-order valence-corrected chi connectivity index (χ2v) is 7.77. The number of alkyl halides is 1. The summed E-state index contributed by atoms with van der Waals surface area (Å²) >= 11 is 3.47. The standard InChI is InChI=1S/C18H21BrFNO5/c1-10-13-4-5-18(19,9-25-6-7-26-12(3)23)17(24)16(13)15(8-14(10)20)21-11(2)22/h8H,4-7,9H2,1-3H3,(H,21,22). The number of amides is 1. The van der Waals surface area contributed by atoms with Crippen molar-refractivity contribution in [3.8, 4) is 0 Å². The highest BCUT2D eigenvalue weighted by Crippen LogP contribution is 2.40. The molecule has 1 aliphatic rings. The molecule has 1 unspecified atom stereocenters. The quantitative estimate of drug-likeness (QED) is 0.427. The van der Waals surface area contributed by atoms with Crippen LogP contribution in [0.5, 0.6) is 0 Å². The first kappa shape index (κ1) is 20.5. The molecule has 2 rings (SSSR count). The maximum Gasteiger partial charge on any atom is 0.302 e. The molecule has 1 aliphatic carbocycles. The van der Waals surface area contributed by atoms with Crippen LogP contribution in [0.2, 0.25) is 0 Å². The number of fused-ring (bicyclic) bond motifs is 1. The van der Waals surface area contributed by atoms with Gasteiger partial charge in [-0.3, -0.25) is 14.4 Å². The molecule has 0 fully saturated rings. The summed E-state index contributed by atoms with van der Waals surface area (Å²) in [6.07, 6.45) is 0.895. The molecule has 1 aromatic rings. The minimum atomic E-state index is -0.978. The number of Topliss-reactive ketones (excluding diaryl/α,β-unsaturated/α-hetero) is 1. The van der Waals surface area contributed by atoms with Crippen molar-refractivity contribution in [3.05, 3.63) is 28.6 Å². The van der Waals surface area contributed by atoms with E-state index in [9.17, 15) is 18.8 Å². The number of nitrogens with one attached hydrogen (secondary N) is 1. The van der Waals surface area contributed by atoms with Crippen LogP contribution in [-0.4, -0.2) is 41.8 Å². The Hall–Kier alpha value is -1.80. The van der Waals surface area contributed by atoms with Gasteiger partial charge in [-0.15, -0.1) is 0 Å². The Morgan fingerprint density at radius 3 is 2.65 bits per heavy atom. The fraction of sp³-hybridized carbons (Fsp3) is 0.500. The number of carbonyl (C=O) groups is 3. The zero-order valence-corrected chi connectivity index (χ0v) is 16.5. The number of benzene rings is 1. The molecule has 0 spiro atoms. The molecule has 0 aromatic heterocycles. The van der Waals surface area contributed by atoms with Gasteiger partial charge in [0.05, 0.1) is 18.9 Å². The average Bonchev–Trinajstić information content (AvgIpc) is 2.54. The Morgan fingerprint density at radius 2 is 2.04 bits per heavy atom.